The molecular weight excluding hydrogens is 306 g/mol. The summed E-state index contributed by atoms with van der Waals surface area (Å²) in [6.45, 7) is 10.3. The Morgan fingerprint density at radius 1 is 1.26 bits per heavy atom. The minimum atomic E-state index is 0.606. The molecule has 1 saturated heterocycles. The van der Waals surface area contributed by atoms with Crippen molar-refractivity contribution in [3.05, 3.63) is 29.8 Å². The van der Waals surface area contributed by atoms with Gasteiger partial charge >= 0.3 is 0 Å². The monoisotopic (exact) mass is 335 g/mol. The third kappa shape index (κ3) is 6.45. The van der Waals surface area contributed by atoms with E-state index in [4.69, 9.17) is 17.0 Å². The Labute approximate surface area is 145 Å². The van der Waals surface area contributed by atoms with Crippen LogP contribution in [-0.2, 0) is 4.74 Å². The van der Waals surface area contributed by atoms with Crippen molar-refractivity contribution in [3.8, 4) is 0 Å². The molecule has 1 heterocycles. The van der Waals surface area contributed by atoms with Gasteiger partial charge in [-0.25, -0.2) is 0 Å². The smallest absolute Gasteiger partial charge is 0.170 e. The van der Waals surface area contributed by atoms with Crippen molar-refractivity contribution in [1.82, 2.24) is 10.2 Å². The van der Waals surface area contributed by atoms with E-state index < -0.39 is 0 Å². The number of nitrogens with zero attached hydrogens (tertiary/aromatic N) is 1. The van der Waals surface area contributed by atoms with E-state index in [9.17, 15) is 0 Å². The van der Waals surface area contributed by atoms with Gasteiger partial charge in [0.2, 0.25) is 0 Å². The lowest BCUT2D eigenvalue weighted by Gasteiger charge is -2.26. The van der Waals surface area contributed by atoms with E-state index >= 15 is 0 Å². The van der Waals surface area contributed by atoms with Gasteiger partial charge in [-0.3, -0.25) is 4.90 Å². The third-order valence-corrected chi connectivity index (χ3v) is 4.64. The highest BCUT2D eigenvalue weighted by Gasteiger charge is 2.09. The molecule has 128 valence electrons. The fourth-order valence-electron chi connectivity index (χ4n) is 2.64. The Morgan fingerprint density at radius 3 is 2.61 bits per heavy atom. The van der Waals surface area contributed by atoms with Crippen molar-refractivity contribution < 1.29 is 4.74 Å². The summed E-state index contributed by atoms with van der Waals surface area (Å²) in [5, 5.41) is 7.23. The van der Waals surface area contributed by atoms with Crippen molar-refractivity contribution in [3.63, 3.8) is 0 Å². The number of ether oxygens (including phenoxy) is 1. The molecule has 0 amide bonds. The molecule has 2 rings (SSSR count). The molecule has 0 spiro atoms. The molecular formula is C18H29N3OS. The van der Waals surface area contributed by atoms with E-state index in [1.54, 1.807) is 0 Å². The van der Waals surface area contributed by atoms with Crippen LogP contribution >= 0.6 is 12.2 Å². The first kappa shape index (κ1) is 18.2. The Hall–Kier alpha value is -1.17. The number of anilines is 1. The van der Waals surface area contributed by atoms with E-state index in [1.807, 2.05) is 0 Å². The van der Waals surface area contributed by atoms with Crippen molar-refractivity contribution in [2.75, 3.05) is 44.7 Å². The van der Waals surface area contributed by atoms with Crippen LogP contribution in [0.3, 0.4) is 0 Å². The molecule has 0 saturated carbocycles. The quantitative estimate of drug-likeness (QED) is 0.591. The SMILES string of the molecule is CC[C@@H](C)c1ccc(NC(=S)NCCCN2CCOCC2)cc1. The molecule has 0 unspecified atom stereocenters. The van der Waals surface area contributed by atoms with Gasteiger partial charge in [0.25, 0.3) is 0 Å². The molecule has 0 aliphatic carbocycles. The molecule has 1 atom stereocenters. The molecule has 0 aromatic heterocycles. The number of morpholine rings is 1. The van der Waals surface area contributed by atoms with Crippen LogP contribution in [0.15, 0.2) is 24.3 Å². The molecule has 0 bridgehead atoms. The van der Waals surface area contributed by atoms with Crippen LogP contribution in [0, 0.1) is 0 Å². The zero-order valence-electron chi connectivity index (χ0n) is 14.3. The molecule has 5 heteroatoms. The number of thiocarbonyl (C=S) groups is 1. The summed E-state index contributed by atoms with van der Waals surface area (Å²) in [5.74, 6) is 0.606. The lowest BCUT2D eigenvalue weighted by Crippen LogP contribution is -2.38. The third-order valence-electron chi connectivity index (χ3n) is 4.39. The maximum absolute atomic E-state index is 5.36. The molecule has 2 N–H and O–H groups in total. The van der Waals surface area contributed by atoms with Gasteiger partial charge in [0, 0.05) is 25.3 Å². The average Bonchev–Trinajstić information content (AvgIpc) is 2.59. The zero-order chi connectivity index (χ0) is 16.5. The Kier molecular flexibility index (Phi) is 7.79. The average molecular weight is 336 g/mol. The molecule has 4 nitrogen and oxygen atoms in total. The summed E-state index contributed by atoms with van der Waals surface area (Å²) >= 11 is 5.36. The topological polar surface area (TPSA) is 36.5 Å². The van der Waals surface area contributed by atoms with E-state index in [0.29, 0.717) is 11.0 Å². The van der Waals surface area contributed by atoms with Crippen LogP contribution < -0.4 is 10.6 Å². The minimum absolute atomic E-state index is 0.606. The molecule has 0 radical (unpaired) electrons. The van der Waals surface area contributed by atoms with Crippen LogP contribution in [0.25, 0.3) is 0 Å². The second-order valence-electron chi connectivity index (χ2n) is 6.12. The second kappa shape index (κ2) is 9.85. The van der Waals surface area contributed by atoms with E-state index in [1.165, 1.54) is 5.56 Å². The summed E-state index contributed by atoms with van der Waals surface area (Å²) in [5.41, 5.74) is 2.42. The maximum atomic E-state index is 5.36. The van der Waals surface area contributed by atoms with Gasteiger partial charge < -0.3 is 15.4 Å². The summed E-state index contributed by atoms with van der Waals surface area (Å²) in [6.07, 6.45) is 2.25. The standard InChI is InChI=1S/C18H29N3OS/c1-3-15(2)16-5-7-17(8-6-16)20-18(23)19-9-4-10-21-11-13-22-14-12-21/h5-8,15H,3-4,9-14H2,1-2H3,(H2,19,20,23)/t15-/m1/s1. The predicted octanol–water partition coefficient (Wildman–Crippen LogP) is 3.21. The Bertz CT molecular complexity index is 472. The van der Waals surface area contributed by atoms with Crippen molar-refractivity contribution in [2.24, 2.45) is 0 Å². The molecule has 1 aromatic carbocycles. The highest BCUT2D eigenvalue weighted by atomic mass is 32.1. The summed E-state index contributed by atoms with van der Waals surface area (Å²) in [7, 11) is 0. The van der Waals surface area contributed by atoms with Gasteiger partial charge in [-0.15, -0.1) is 0 Å². The van der Waals surface area contributed by atoms with Crippen molar-refractivity contribution in [1.29, 1.82) is 0 Å². The predicted molar refractivity (Wildman–Crippen MR) is 101 cm³/mol. The second-order valence-corrected chi connectivity index (χ2v) is 6.53. The lowest BCUT2D eigenvalue weighted by molar-refractivity contribution is 0.0376. The summed E-state index contributed by atoms with van der Waals surface area (Å²) in [6, 6.07) is 8.56. The first-order valence-corrected chi connectivity index (χ1v) is 9.04. The van der Waals surface area contributed by atoms with Gasteiger partial charge in [-0.1, -0.05) is 26.0 Å². The summed E-state index contributed by atoms with van der Waals surface area (Å²) in [4.78, 5) is 2.44. The molecule has 1 fully saturated rings. The van der Waals surface area contributed by atoms with Gasteiger partial charge in [0.15, 0.2) is 5.11 Å². The number of rotatable bonds is 7. The number of hydrogen-bond donors (Lipinski definition) is 2. The van der Waals surface area contributed by atoms with E-state index in [2.05, 4.69) is 53.6 Å². The Morgan fingerprint density at radius 2 is 1.96 bits per heavy atom. The highest BCUT2D eigenvalue weighted by Crippen LogP contribution is 2.20. The lowest BCUT2D eigenvalue weighted by atomic mass is 9.99. The molecule has 1 aliphatic heterocycles. The van der Waals surface area contributed by atoms with Crippen LogP contribution in [0.1, 0.15) is 38.2 Å². The first-order chi connectivity index (χ1) is 11.2. The number of nitrogens with one attached hydrogen (secondary N) is 2. The Balaban J connectivity index is 1.64. The number of hydrogen-bond acceptors (Lipinski definition) is 3. The number of benzene rings is 1. The molecule has 1 aromatic rings. The molecule has 1 aliphatic rings. The summed E-state index contributed by atoms with van der Waals surface area (Å²) < 4.78 is 5.35. The fraction of sp³-hybridized carbons (Fsp3) is 0.611. The van der Waals surface area contributed by atoms with E-state index in [-0.39, 0.29) is 0 Å². The minimum Gasteiger partial charge on any atom is -0.379 e. The van der Waals surface area contributed by atoms with Crippen LogP contribution in [0.4, 0.5) is 5.69 Å². The van der Waals surface area contributed by atoms with Gasteiger partial charge in [0.05, 0.1) is 13.2 Å². The van der Waals surface area contributed by atoms with Crippen molar-refractivity contribution in [2.45, 2.75) is 32.6 Å². The zero-order valence-corrected chi connectivity index (χ0v) is 15.1. The van der Waals surface area contributed by atoms with E-state index in [0.717, 1.165) is 57.9 Å². The largest absolute Gasteiger partial charge is 0.379 e. The van der Waals surface area contributed by atoms with Crippen LogP contribution in [0.2, 0.25) is 0 Å². The van der Waals surface area contributed by atoms with Gasteiger partial charge in [-0.2, -0.15) is 0 Å². The fourth-order valence-corrected chi connectivity index (χ4v) is 2.86. The van der Waals surface area contributed by atoms with Crippen LogP contribution in [-0.4, -0.2) is 49.4 Å². The maximum Gasteiger partial charge on any atom is 0.170 e. The van der Waals surface area contributed by atoms with Crippen molar-refractivity contribution >= 4 is 23.0 Å². The van der Waals surface area contributed by atoms with Gasteiger partial charge in [0.1, 0.15) is 0 Å². The normalized spacial score (nSPS) is 16.8. The van der Waals surface area contributed by atoms with Crippen LogP contribution in [0.5, 0.6) is 0 Å². The highest BCUT2D eigenvalue weighted by molar-refractivity contribution is 7.80. The van der Waals surface area contributed by atoms with Gasteiger partial charge in [-0.05, 0) is 55.2 Å². The molecule has 23 heavy (non-hydrogen) atoms. The first-order valence-electron chi connectivity index (χ1n) is 8.64.